The van der Waals surface area contributed by atoms with Gasteiger partial charge in [0.25, 0.3) is 0 Å². The van der Waals surface area contributed by atoms with E-state index in [1.807, 2.05) is 0 Å². The molecule has 4 rings (SSSR count). The van der Waals surface area contributed by atoms with Crippen molar-refractivity contribution in [2.75, 3.05) is 0 Å². The summed E-state index contributed by atoms with van der Waals surface area (Å²) >= 11 is 39.1. The molecular formula is C11H8Cl6O. The third kappa shape index (κ3) is 1.07. The number of allylic oxidation sites excluding steroid dienone is 1. The molecule has 1 aliphatic heterocycles. The van der Waals surface area contributed by atoms with E-state index in [0.29, 0.717) is 0 Å². The molecule has 0 aromatic rings. The first-order chi connectivity index (χ1) is 8.28. The molecule has 0 aromatic heterocycles. The number of hydrogen-bond acceptors (Lipinski definition) is 1. The van der Waals surface area contributed by atoms with Gasteiger partial charge in [-0.3, -0.25) is 0 Å². The number of halogens is 6. The molecule has 0 aromatic carbocycles. The average Bonchev–Trinajstić information content (AvgIpc) is 3.06. The molecule has 1 heterocycles. The van der Waals surface area contributed by atoms with Crippen LogP contribution in [0.5, 0.6) is 0 Å². The van der Waals surface area contributed by atoms with Crippen molar-refractivity contribution in [2.24, 2.45) is 0 Å². The van der Waals surface area contributed by atoms with Crippen LogP contribution in [0.3, 0.4) is 0 Å². The number of fused-ring (bicyclic) bond motifs is 6. The van der Waals surface area contributed by atoms with Gasteiger partial charge in [0, 0.05) is 0 Å². The van der Waals surface area contributed by atoms with Gasteiger partial charge in [-0.05, 0) is 24.0 Å². The highest BCUT2D eigenvalue weighted by atomic mass is 35.5. The van der Waals surface area contributed by atoms with E-state index in [1.165, 1.54) is 0 Å². The van der Waals surface area contributed by atoms with Gasteiger partial charge >= 0.3 is 0 Å². The maximum atomic E-state index is 6.72. The predicted octanol–water partition coefficient (Wildman–Crippen LogP) is 4.22. The minimum atomic E-state index is -1.41. The summed E-state index contributed by atoms with van der Waals surface area (Å²) in [5, 5.41) is -1.21. The quantitative estimate of drug-likeness (QED) is 0.354. The third-order valence-electron chi connectivity index (χ3n) is 4.63. The number of ether oxygens (including phenoxy) is 1. The van der Waals surface area contributed by atoms with E-state index in [1.54, 1.807) is 0 Å². The summed E-state index contributed by atoms with van der Waals surface area (Å²) in [6.07, 6.45) is 1.85. The van der Waals surface area contributed by atoms with Crippen LogP contribution in [0, 0.1) is 0 Å². The Morgan fingerprint density at radius 3 is 2.28 bits per heavy atom. The van der Waals surface area contributed by atoms with Crippen molar-refractivity contribution >= 4 is 69.6 Å². The van der Waals surface area contributed by atoms with Crippen molar-refractivity contribution in [3.8, 4) is 0 Å². The lowest BCUT2D eigenvalue weighted by molar-refractivity contribution is 0.375. The summed E-state index contributed by atoms with van der Waals surface area (Å²) in [5.74, 6) is 0. The number of rotatable bonds is 0. The second kappa shape index (κ2) is 3.43. The Kier molecular flexibility index (Phi) is 2.50. The lowest BCUT2D eigenvalue weighted by atomic mass is 9.81. The number of epoxide rings is 1. The molecule has 4 aliphatic rings. The van der Waals surface area contributed by atoms with Crippen LogP contribution in [-0.2, 0) is 4.74 Å². The zero-order valence-corrected chi connectivity index (χ0v) is 13.4. The summed E-state index contributed by atoms with van der Waals surface area (Å²) in [6.45, 7) is 0. The molecule has 0 amide bonds. The Morgan fingerprint density at radius 1 is 1.00 bits per heavy atom. The Bertz CT molecular complexity index is 490. The van der Waals surface area contributed by atoms with E-state index < -0.39 is 24.8 Å². The normalized spacial score (nSPS) is 59.7. The van der Waals surface area contributed by atoms with Gasteiger partial charge in [0.15, 0.2) is 4.33 Å². The van der Waals surface area contributed by atoms with Crippen LogP contribution in [0.25, 0.3) is 0 Å². The zero-order valence-electron chi connectivity index (χ0n) is 8.90. The van der Waals surface area contributed by atoms with E-state index in [0.717, 1.165) is 24.0 Å². The van der Waals surface area contributed by atoms with Crippen LogP contribution in [0.2, 0.25) is 0 Å². The fourth-order valence-corrected chi connectivity index (χ4v) is 6.93. The summed E-state index contributed by atoms with van der Waals surface area (Å²) < 4.78 is 4.20. The SMILES string of the molecule is ClC1C(Cl)C2(Cl)C3=C(CCC4OC34)C1(Cl)C2(Cl)Cl. The highest BCUT2D eigenvalue weighted by Crippen LogP contribution is 2.76. The van der Waals surface area contributed by atoms with Gasteiger partial charge in [0.05, 0.1) is 16.9 Å². The minimum absolute atomic E-state index is 0.0332. The Hall–Kier alpha value is 1.44. The fraction of sp³-hybridized carbons (Fsp3) is 0.818. The van der Waals surface area contributed by atoms with E-state index >= 15 is 0 Å². The van der Waals surface area contributed by atoms with Crippen molar-refractivity contribution < 1.29 is 4.74 Å². The molecule has 6 atom stereocenters. The second-order valence-electron chi connectivity index (χ2n) is 5.33. The highest BCUT2D eigenvalue weighted by molar-refractivity contribution is 6.64. The largest absolute Gasteiger partial charge is 0.365 e. The highest BCUT2D eigenvalue weighted by Gasteiger charge is 2.84. The van der Waals surface area contributed by atoms with Crippen molar-refractivity contribution in [1.29, 1.82) is 0 Å². The fourth-order valence-electron chi connectivity index (χ4n) is 3.70. The molecule has 100 valence electrons. The van der Waals surface area contributed by atoms with Gasteiger partial charge in [0.2, 0.25) is 0 Å². The first-order valence-corrected chi connectivity index (χ1v) is 8.09. The smallest absolute Gasteiger partial charge is 0.166 e. The molecular weight excluding hydrogens is 361 g/mol. The van der Waals surface area contributed by atoms with Gasteiger partial charge in [0.1, 0.15) is 15.9 Å². The molecule has 2 fully saturated rings. The third-order valence-corrected chi connectivity index (χ3v) is 9.19. The zero-order chi connectivity index (χ0) is 13.1. The molecule has 0 radical (unpaired) electrons. The van der Waals surface area contributed by atoms with E-state index in [9.17, 15) is 0 Å². The first kappa shape index (κ1) is 13.1. The second-order valence-corrected chi connectivity index (χ2v) is 8.79. The lowest BCUT2D eigenvalue weighted by Gasteiger charge is -2.35. The maximum absolute atomic E-state index is 6.72. The van der Waals surface area contributed by atoms with E-state index in [2.05, 4.69) is 0 Å². The molecule has 1 saturated carbocycles. The van der Waals surface area contributed by atoms with Crippen LogP contribution in [0.1, 0.15) is 12.8 Å². The summed E-state index contributed by atoms with van der Waals surface area (Å²) in [6, 6.07) is 0. The molecule has 2 bridgehead atoms. The van der Waals surface area contributed by atoms with E-state index in [-0.39, 0.29) is 12.2 Å². The summed E-state index contributed by atoms with van der Waals surface area (Å²) in [5.41, 5.74) is 1.83. The molecule has 3 aliphatic carbocycles. The molecule has 0 N–H and O–H groups in total. The monoisotopic (exact) mass is 366 g/mol. The topological polar surface area (TPSA) is 12.5 Å². The van der Waals surface area contributed by atoms with Crippen molar-refractivity contribution in [1.82, 2.24) is 0 Å². The Labute approximate surface area is 135 Å². The average molecular weight is 369 g/mol. The Balaban J connectivity index is 2.01. The predicted molar refractivity (Wildman–Crippen MR) is 75.8 cm³/mol. The molecule has 18 heavy (non-hydrogen) atoms. The van der Waals surface area contributed by atoms with Gasteiger partial charge in [-0.2, -0.15) is 0 Å². The van der Waals surface area contributed by atoms with Gasteiger partial charge in [-0.15, -0.1) is 46.4 Å². The lowest BCUT2D eigenvalue weighted by Crippen LogP contribution is -2.46. The molecule has 1 nitrogen and oxygen atoms in total. The molecule has 7 heteroatoms. The summed E-state index contributed by atoms with van der Waals surface area (Å²) in [4.78, 5) is -2.24. The standard InChI is InChI=1S/C11H8Cl6O/c12-7-8(13)10(15)5-3(1-2-4-6(5)18-4)9(7,14)11(10,16)17/h4,6-8H,1-2H2. The van der Waals surface area contributed by atoms with Crippen molar-refractivity contribution in [3.05, 3.63) is 11.1 Å². The maximum Gasteiger partial charge on any atom is 0.166 e. The minimum Gasteiger partial charge on any atom is -0.365 e. The summed E-state index contributed by atoms with van der Waals surface area (Å²) in [7, 11) is 0. The van der Waals surface area contributed by atoms with Crippen LogP contribution in [0.4, 0.5) is 0 Å². The van der Waals surface area contributed by atoms with E-state index in [4.69, 9.17) is 74.3 Å². The number of alkyl halides is 6. The van der Waals surface area contributed by atoms with Gasteiger partial charge < -0.3 is 4.74 Å². The number of hydrogen-bond donors (Lipinski definition) is 0. The first-order valence-electron chi connectivity index (χ1n) is 5.71. The molecule has 6 unspecified atom stereocenters. The van der Waals surface area contributed by atoms with Crippen molar-refractivity contribution in [3.63, 3.8) is 0 Å². The Morgan fingerprint density at radius 2 is 1.61 bits per heavy atom. The van der Waals surface area contributed by atoms with Crippen molar-refractivity contribution in [2.45, 2.75) is 49.9 Å². The van der Waals surface area contributed by atoms with Crippen LogP contribution in [-0.4, -0.2) is 37.0 Å². The molecule has 1 saturated heterocycles. The van der Waals surface area contributed by atoms with Crippen LogP contribution in [0.15, 0.2) is 11.1 Å². The van der Waals surface area contributed by atoms with Crippen LogP contribution >= 0.6 is 69.6 Å². The van der Waals surface area contributed by atoms with Gasteiger partial charge in [-0.25, -0.2) is 0 Å². The molecule has 0 spiro atoms. The van der Waals surface area contributed by atoms with Gasteiger partial charge in [-0.1, -0.05) is 23.2 Å². The van der Waals surface area contributed by atoms with Crippen LogP contribution < -0.4 is 0 Å².